The first kappa shape index (κ1) is 18.8. The Hall–Kier alpha value is -3.00. The molecule has 0 spiro atoms. The lowest BCUT2D eigenvalue weighted by Gasteiger charge is -2.14. The van der Waals surface area contributed by atoms with Gasteiger partial charge < -0.3 is 10.1 Å². The lowest BCUT2D eigenvalue weighted by molar-refractivity contribution is -0.121. The van der Waals surface area contributed by atoms with E-state index >= 15 is 0 Å². The van der Waals surface area contributed by atoms with E-state index < -0.39 is 18.5 Å². The molecule has 1 N–H and O–H groups in total. The van der Waals surface area contributed by atoms with Gasteiger partial charge in [0, 0.05) is 23.0 Å². The number of carbonyl (C=O) groups is 4. The summed E-state index contributed by atoms with van der Waals surface area (Å²) in [6.45, 7) is -0.431. The van der Waals surface area contributed by atoms with Gasteiger partial charge in [0.05, 0.1) is 11.3 Å². The van der Waals surface area contributed by atoms with Gasteiger partial charge in [-0.25, -0.2) is 4.79 Å². The molecule has 0 saturated carbocycles. The third kappa shape index (κ3) is 4.59. The van der Waals surface area contributed by atoms with Crippen LogP contribution >= 0.6 is 15.9 Å². The smallest absolute Gasteiger partial charge is 0.338 e. The van der Waals surface area contributed by atoms with Gasteiger partial charge in [-0.3, -0.25) is 19.3 Å². The Morgan fingerprint density at radius 1 is 0.963 bits per heavy atom. The highest BCUT2D eigenvalue weighted by molar-refractivity contribution is 9.10. The minimum atomic E-state index is -0.674. The predicted molar refractivity (Wildman–Crippen MR) is 101 cm³/mol. The zero-order chi connectivity index (χ0) is 19.4. The number of ether oxygens (including phenoxy) is 1. The maximum atomic E-state index is 12.1. The highest BCUT2D eigenvalue weighted by atomic mass is 79.9. The molecule has 7 nitrogen and oxygen atoms in total. The number of esters is 1. The van der Waals surface area contributed by atoms with Crippen LogP contribution in [0.2, 0.25) is 0 Å². The molecule has 2 aromatic carbocycles. The van der Waals surface area contributed by atoms with E-state index in [1.807, 2.05) is 0 Å². The van der Waals surface area contributed by atoms with E-state index in [0.29, 0.717) is 11.4 Å². The first-order chi connectivity index (χ1) is 12.9. The van der Waals surface area contributed by atoms with Crippen LogP contribution in [0.25, 0.3) is 0 Å². The number of nitrogens with one attached hydrogen (secondary N) is 1. The second kappa shape index (κ2) is 8.13. The van der Waals surface area contributed by atoms with Crippen LogP contribution in [0.3, 0.4) is 0 Å². The molecule has 8 heteroatoms. The van der Waals surface area contributed by atoms with E-state index in [-0.39, 0.29) is 30.2 Å². The van der Waals surface area contributed by atoms with Crippen molar-refractivity contribution in [3.05, 3.63) is 58.6 Å². The topological polar surface area (TPSA) is 92.8 Å². The summed E-state index contributed by atoms with van der Waals surface area (Å²) in [5.74, 6) is -1.66. The van der Waals surface area contributed by atoms with E-state index in [1.54, 1.807) is 24.3 Å². The molecule has 0 atom stereocenters. The Balaban J connectivity index is 1.55. The van der Waals surface area contributed by atoms with Crippen LogP contribution in [0.15, 0.2) is 53.0 Å². The Labute approximate surface area is 163 Å². The number of amides is 3. The summed E-state index contributed by atoms with van der Waals surface area (Å²) >= 11 is 3.30. The number of imide groups is 1. The van der Waals surface area contributed by atoms with Crippen LogP contribution < -0.4 is 10.2 Å². The molecule has 1 fully saturated rings. The Morgan fingerprint density at radius 3 is 2.15 bits per heavy atom. The van der Waals surface area contributed by atoms with Crippen molar-refractivity contribution < 1.29 is 23.9 Å². The van der Waals surface area contributed by atoms with E-state index in [2.05, 4.69) is 21.2 Å². The van der Waals surface area contributed by atoms with E-state index in [1.165, 1.54) is 24.3 Å². The molecule has 0 aliphatic carbocycles. The number of nitrogens with zero attached hydrogens (tertiary/aromatic N) is 1. The number of carbonyl (C=O) groups excluding carboxylic acids is 4. The summed E-state index contributed by atoms with van der Waals surface area (Å²) in [6.07, 6.45) is 0.381. The largest absolute Gasteiger partial charge is 0.452 e. The third-order valence-electron chi connectivity index (χ3n) is 3.88. The number of halogens is 1. The number of benzene rings is 2. The van der Waals surface area contributed by atoms with Gasteiger partial charge in [0.15, 0.2) is 6.61 Å². The van der Waals surface area contributed by atoms with Gasteiger partial charge in [0.1, 0.15) is 0 Å². The Morgan fingerprint density at radius 2 is 1.56 bits per heavy atom. The van der Waals surface area contributed by atoms with Crippen molar-refractivity contribution >= 4 is 51.0 Å². The molecule has 0 radical (unpaired) electrons. The molecule has 2 aromatic rings. The van der Waals surface area contributed by atoms with Crippen molar-refractivity contribution in [1.82, 2.24) is 0 Å². The fourth-order valence-corrected chi connectivity index (χ4v) is 2.82. The first-order valence-electron chi connectivity index (χ1n) is 8.12. The quantitative estimate of drug-likeness (QED) is 0.581. The number of rotatable bonds is 5. The molecule has 138 valence electrons. The normalized spacial score (nSPS) is 13.6. The van der Waals surface area contributed by atoms with Crippen molar-refractivity contribution in [3.8, 4) is 0 Å². The average Bonchev–Trinajstić information content (AvgIpc) is 3.00. The summed E-state index contributed by atoms with van der Waals surface area (Å²) in [4.78, 5) is 48.4. The van der Waals surface area contributed by atoms with Gasteiger partial charge in [-0.1, -0.05) is 15.9 Å². The lowest BCUT2D eigenvalue weighted by atomic mass is 10.2. The molecule has 0 unspecified atom stereocenters. The molecule has 3 rings (SSSR count). The molecule has 0 bridgehead atoms. The zero-order valence-electron chi connectivity index (χ0n) is 14.1. The molecule has 1 saturated heterocycles. The van der Waals surface area contributed by atoms with Crippen LogP contribution in [0.5, 0.6) is 0 Å². The maximum absolute atomic E-state index is 12.1. The monoisotopic (exact) mass is 430 g/mol. The number of anilines is 2. The van der Waals surface area contributed by atoms with Crippen LogP contribution in [0.1, 0.15) is 23.2 Å². The summed E-state index contributed by atoms with van der Waals surface area (Å²) < 4.78 is 5.87. The molecule has 27 heavy (non-hydrogen) atoms. The van der Waals surface area contributed by atoms with Crippen LogP contribution in [-0.2, 0) is 19.1 Å². The van der Waals surface area contributed by atoms with Crippen molar-refractivity contribution in [1.29, 1.82) is 0 Å². The second-order valence-corrected chi connectivity index (χ2v) is 6.72. The Kier molecular flexibility index (Phi) is 5.66. The molecule has 1 heterocycles. The minimum Gasteiger partial charge on any atom is -0.452 e. The van der Waals surface area contributed by atoms with E-state index in [9.17, 15) is 19.2 Å². The summed E-state index contributed by atoms with van der Waals surface area (Å²) in [6, 6.07) is 12.9. The standard InChI is InChI=1S/C19H15BrN2O5/c20-13-3-5-14(6-4-13)21-16(23)11-27-19(26)12-1-7-15(8-2-12)22-17(24)9-10-18(22)25/h1-8H,9-11H2,(H,21,23). The molecule has 0 aromatic heterocycles. The van der Waals surface area contributed by atoms with Crippen molar-refractivity contribution in [2.75, 3.05) is 16.8 Å². The summed E-state index contributed by atoms with van der Waals surface area (Å²) in [5.41, 5.74) is 1.21. The van der Waals surface area contributed by atoms with Gasteiger partial charge in [-0.05, 0) is 48.5 Å². The molecule has 1 aliphatic heterocycles. The average molecular weight is 431 g/mol. The highest BCUT2D eigenvalue weighted by Crippen LogP contribution is 2.23. The van der Waals surface area contributed by atoms with Gasteiger partial charge in [0.2, 0.25) is 11.8 Å². The summed E-state index contributed by atoms with van der Waals surface area (Å²) in [5, 5.41) is 2.61. The number of hydrogen-bond donors (Lipinski definition) is 1. The molecular formula is C19H15BrN2O5. The molecule has 3 amide bonds. The molecular weight excluding hydrogens is 416 g/mol. The third-order valence-corrected chi connectivity index (χ3v) is 4.40. The first-order valence-corrected chi connectivity index (χ1v) is 8.92. The van der Waals surface area contributed by atoms with Crippen molar-refractivity contribution in [3.63, 3.8) is 0 Å². The van der Waals surface area contributed by atoms with Crippen molar-refractivity contribution in [2.24, 2.45) is 0 Å². The van der Waals surface area contributed by atoms with Gasteiger partial charge in [0.25, 0.3) is 5.91 Å². The fourth-order valence-electron chi connectivity index (χ4n) is 2.56. The van der Waals surface area contributed by atoms with Crippen LogP contribution in [-0.4, -0.2) is 30.3 Å². The van der Waals surface area contributed by atoms with Gasteiger partial charge >= 0.3 is 5.97 Å². The SMILES string of the molecule is O=C(COC(=O)c1ccc(N2C(=O)CCC2=O)cc1)Nc1ccc(Br)cc1. The summed E-state index contributed by atoms with van der Waals surface area (Å²) in [7, 11) is 0. The Bertz CT molecular complexity index is 877. The van der Waals surface area contributed by atoms with Gasteiger partial charge in [-0.15, -0.1) is 0 Å². The van der Waals surface area contributed by atoms with Crippen LogP contribution in [0, 0.1) is 0 Å². The predicted octanol–water partition coefficient (Wildman–Crippen LogP) is 2.90. The van der Waals surface area contributed by atoms with Crippen molar-refractivity contribution in [2.45, 2.75) is 12.8 Å². The van der Waals surface area contributed by atoms with Crippen LogP contribution in [0.4, 0.5) is 11.4 Å². The minimum absolute atomic E-state index is 0.191. The highest BCUT2D eigenvalue weighted by Gasteiger charge is 2.30. The molecule has 1 aliphatic rings. The van der Waals surface area contributed by atoms with Gasteiger partial charge in [-0.2, -0.15) is 0 Å². The van der Waals surface area contributed by atoms with E-state index in [4.69, 9.17) is 4.74 Å². The maximum Gasteiger partial charge on any atom is 0.338 e. The zero-order valence-corrected chi connectivity index (χ0v) is 15.7. The number of hydrogen-bond acceptors (Lipinski definition) is 5. The van der Waals surface area contributed by atoms with E-state index in [0.717, 1.165) is 9.37 Å². The second-order valence-electron chi connectivity index (χ2n) is 5.80. The fraction of sp³-hybridized carbons (Fsp3) is 0.158. The lowest BCUT2D eigenvalue weighted by Crippen LogP contribution is -2.28.